The second-order valence-corrected chi connectivity index (χ2v) is 7.71. The van der Waals surface area contributed by atoms with Gasteiger partial charge in [0.05, 0.1) is 6.04 Å². The predicted molar refractivity (Wildman–Crippen MR) is 109 cm³/mol. The van der Waals surface area contributed by atoms with Crippen LogP contribution >= 0.6 is 0 Å². The van der Waals surface area contributed by atoms with Crippen molar-refractivity contribution in [3.05, 3.63) is 71.3 Å². The lowest BCUT2D eigenvalue weighted by atomic mass is 9.71. The maximum atomic E-state index is 12.4. The zero-order valence-electron chi connectivity index (χ0n) is 16.1. The highest BCUT2D eigenvalue weighted by Gasteiger charge is 2.32. The highest BCUT2D eigenvalue weighted by Crippen LogP contribution is 2.41. The van der Waals surface area contributed by atoms with Gasteiger partial charge in [0.25, 0.3) is 0 Å². The van der Waals surface area contributed by atoms with E-state index in [9.17, 15) is 9.59 Å². The van der Waals surface area contributed by atoms with E-state index in [-0.39, 0.29) is 23.3 Å². The number of nitrogens with one attached hydrogen (secondary N) is 2. The van der Waals surface area contributed by atoms with E-state index in [0.29, 0.717) is 0 Å². The molecule has 0 radical (unpaired) electrons. The third kappa shape index (κ3) is 4.64. The Hall–Kier alpha value is -2.88. The lowest BCUT2D eigenvalue weighted by Gasteiger charge is -2.37. The summed E-state index contributed by atoms with van der Waals surface area (Å²) in [5.41, 5.74) is 4.33. The number of hydrogen-bond donors (Lipinski definition) is 2. The SMILES string of the molecule is CC(=O)Nc1ccc(/C=C/C(=O)NC2CCC(C)(C)c3ccccc32)cc1. The molecule has 2 amide bonds. The monoisotopic (exact) mass is 362 g/mol. The van der Waals surface area contributed by atoms with Gasteiger partial charge in [0.1, 0.15) is 0 Å². The fourth-order valence-electron chi connectivity index (χ4n) is 3.64. The summed E-state index contributed by atoms with van der Waals surface area (Å²) >= 11 is 0. The first-order chi connectivity index (χ1) is 12.8. The Labute approximate surface area is 160 Å². The van der Waals surface area contributed by atoms with Crippen molar-refractivity contribution in [2.24, 2.45) is 0 Å². The van der Waals surface area contributed by atoms with E-state index in [1.807, 2.05) is 30.3 Å². The molecule has 0 spiro atoms. The van der Waals surface area contributed by atoms with Crippen LogP contribution in [0.15, 0.2) is 54.6 Å². The van der Waals surface area contributed by atoms with E-state index in [2.05, 4.69) is 42.7 Å². The molecule has 0 bridgehead atoms. The van der Waals surface area contributed by atoms with Gasteiger partial charge in [-0.1, -0.05) is 50.2 Å². The van der Waals surface area contributed by atoms with Gasteiger partial charge in [-0.2, -0.15) is 0 Å². The van der Waals surface area contributed by atoms with E-state index >= 15 is 0 Å². The molecule has 2 N–H and O–H groups in total. The lowest BCUT2D eigenvalue weighted by Crippen LogP contribution is -2.34. The molecule has 0 heterocycles. The molecule has 3 rings (SSSR count). The second-order valence-electron chi connectivity index (χ2n) is 7.71. The average Bonchev–Trinajstić information content (AvgIpc) is 2.63. The highest BCUT2D eigenvalue weighted by molar-refractivity contribution is 5.92. The molecule has 0 saturated carbocycles. The first-order valence-electron chi connectivity index (χ1n) is 9.31. The molecule has 1 aliphatic rings. The molecule has 2 aromatic rings. The molecule has 27 heavy (non-hydrogen) atoms. The fourth-order valence-corrected chi connectivity index (χ4v) is 3.64. The van der Waals surface area contributed by atoms with E-state index in [1.165, 1.54) is 18.1 Å². The Bertz CT molecular complexity index is 866. The van der Waals surface area contributed by atoms with Crippen molar-refractivity contribution in [2.45, 2.75) is 45.1 Å². The van der Waals surface area contributed by atoms with Crippen LogP contribution in [0.1, 0.15) is 56.3 Å². The van der Waals surface area contributed by atoms with Gasteiger partial charge in [0.2, 0.25) is 11.8 Å². The standard InChI is InChI=1S/C23H26N2O2/c1-16(26)24-18-11-8-17(9-12-18)10-13-22(27)25-21-14-15-23(2,3)20-7-5-4-6-19(20)21/h4-13,21H,14-15H2,1-3H3,(H,24,26)(H,25,27)/b13-10+. The summed E-state index contributed by atoms with van der Waals surface area (Å²) in [6.07, 6.45) is 5.33. The van der Waals surface area contributed by atoms with Crippen molar-refractivity contribution in [3.63, 3.8) is 0 Å². The van der Waals surface area contributed by atoms with Gasteiger partial charge in [-0.15, -0.1) is 0 Å². The summed E-state index contributed by atoms with van der Waals surface area (Å²) in [5, 5.41) is 5.86. The second kappa shape index (κ2) is 7.78. The molecule has 2 aromatic carbocycles. The number of rotatable bonds is 4. The zero-order chi connectivity index (χ0) is 19.4. The predicted octanol–water partition coefficient (Wildman–Crippen LogP) is 4.59. The maximum absolute atomic E-state index is 12.4. The van der Waals surface area contributed by atoms with Crippen LogP contribution in [0.4, 0.5) is 5.69 Å². The summed E-state index contributed by atoms with van der Waals surface area (Å²) in [5.74, 6) is -0.200. The zero-order valence-corrected chi connectivity index (χ0v) is 16.1. The number of benzene rings is 2. The summed E-state index contributed by atoms with van der Waals surface area (Å²) in [7, 11) is 0. The Morgan fingerprint density at radius 3 is 2.48 bits per heavy atom. The minimum Gasteiger partial charge on any atom is -0.346 e. The normalized spacial score (nSPS) is 18.0. The van der Waals surface area contributed by atoms with Gasteiger partial charge < -0.3 is 10.6 Å². The van der Waals surface area contributed by atoms with Crippen LogP contribution in [0.5, 0.6) is 0 Å². The van der Waals surface area contributed by atoms with Crippen LogP contribution in [0.25, 0.3) is 6.08 Å². The van der Waals surface area contributed by atoms with Crippen LogP contribution in [-0.4, -0.2) is 11.8 Å². The van der Waals surface area contributed by atoms with Crippen molar-refractivity contribution in [3.8, 4) is 0 Å². The summed E-state index contributed by atoms with van der Waals surface area (Å²) < 4.78 is 0. The van der Waals surface area contributed by atoms with Crippen molar-refractivity contribution >= 4 is 23.6 Å². The van der Waals surface area contributed by atoms with Gasteiger partial charge in [0, 0.05) is 18.7 Å². The van der Waals surface area contributed by atoms with E-state index < -0.39 is 0 Å². The first-order valence-corrected chi connectivity index (χ1v) is 9.31. The van der Waals surface area contributed by atoms with E-state index in [4.69, 9.17) is 0 Å². The van der Waals surface area contributed by atoms with Crippen LogP contribution in [-0.2, 0) is 15.0 Å². The third-order valence-corrected chi connectivity index (χ3v) is 5.10. The summed E-state index contributed by atoms with van der Waals surface area (Å²) in [4.78, 5) is 23.5. The van der Waals surface area contributed by atoms with Crippen molar-refractivity contribution in [1.29, 1.82) is 0 Å². The Balaban J connectivity index is 1.66. The molecule has 4 heteroatoms. The molecular formula is C23H26N2O2. The Morgan fingerprint density at radius 1 is 1.07 bits per heavy atom. The first kappa shape index (κ1) is 18.9. The number of anilines is 1. The number of fused-ring (bicyclic) bond motifs is 1. The molecule has 140 valence electrons. The molecule has 1 aliphatic carbocycles. The van der Waals surface area contributed by atoms with Crippen LogP contribution in [0, 0.1) is 0 Å². The number of amides is 2. The lowest BCUT2D eigenvalue weighted by molar-refractivity contribution is -0.117. The minimum absolute atomic E-state index is 0.0496. The van der Waals surface area contributed by atoms with Crippen LogP contribution in [0.3, 0.4) is 0 Å². The summed E-state index contributed by atoms with van der Waals surface area (Å²) in [6.45, 7) is 5.99. The Morgan fingerprint density at radius 2 is 1.78 bits per heavy atom. The largest absolute Gasteiger partial charge is 0.346 e. The third-order valence-electron chi connectivity index (χ3n) is 5.10. The molecule has 0 fully saturated rings. The highest BCUT2D eigenvalue weighted by atomic mass is 16.2. The van der Waals surface area contributed by atoms with E-state index in [0.717, 1.165) is 24.1 Å². The fraction of sp³-hybridized carbons (Fsp3) is 0.304. The maximum Gasteiger partial charge on any atom is 0.244 e. The molecule has 0 aliphatic heterocycles. The van der Waals surface area contributed by atoms with Gasteiger partial charge in [0.15, 0.2) is 0 Å². The summed E-state index contributed by atoms with van der Waals surface area (Å²) in [6, 6.07) is 15.8. The van der Waals surface area contributed by atoms with Crippen LogP contribution < -0.4 is 10.6 Å². The molecular weight excluding hydrogens is 336 g/mol. The number of hydrogen-bond acceptors (Lipinski definition) is 2. The van der Waals surface area contributed by atoms with Gasteiger partial charge in [-0.3, -0.25) is 9.59 Å². The number of carbonyl (C=O) groups is 2. The molecule has 1 unspecified atom stereocenters. The van der Waals surface area contributed by atoms with Crippen LogP contribution in [0.2, 0.25) is 0 Å². The minimum atomic E-state index is -0.103. The smallest absolute Gasteiger partial charge is 0.244 e. The topological polar surface area (TPSA) is 58.2 Å². The molecule has 4 nitrogen and oxygen atoms in total. The molecule has 1 atom stereocenters. The van der Waals surface area contributed by atoms with E-state index in [1.54, 1.807) is 12.2 Å². The van der Waals surface area contributed by atoms with Crippen molar-refractivity contribution in [1.82, 2.24) is 5.32 Å². The van der Waals surface area contributed by atoms with Gasteiger partial charge >= 0.3 is 0 Å². The van der Waals surface area contributed by atoms with Crippen molar-refractivity contribution < 1.29 is 9.59 Å². The molecule has 0 saturated heterocycles. The molecule has 0 aromatic heterocycles. The van der Waals surface area contributed by atoms with Crippen molar-refractivity contribution in [2.75, 3.05) is 5.32 Å². The Kier molecular flexibility index (Phi) is 5.45. The van der Waals surface area contributed by atoms with Gasteiger partial charge in [-0.05, 0) is 53.2 Å². The number of carbonyl (C=O) groups excluding carboxylic acids is 2. The average molecular weight is 362 g/mol. The quantitative estimate of drug-likeness (QED) is 0.782. The van der Waals surface area contributed by atoms with Gasteiger partial charge in [-0.25, -0.2) is 0 Å².